The van der Waals surface area contributed by atoms with Gasteiger partial charge in [0.15, 0.2) is 0 Å². The summed E-state index contributed by atoms with van der Waals surface area (Å²) in [5, 5.41) is 0. The van der Waals surface area contributed by atoms with Gasteiger partial charge >= 0.3 is 25.5 Å². The van der Waals surface area contributed by atoms with Crippen LogP contribution in [-0.2, 0) is 18.9 Å². The van der Waals surface area contributed by atoms with Gasteiger partial charge in [0.05, 0.1) is 0 Å². The fourth-order valence-corrected chi connectivity index (χ4v) is 0.343. The van der Waals surface area contributed by atoms with E-state index < -0.39 is 17.9 Å². The van der Waals surface area contributed by atoms with Crippen molar-refractivity contribution in [3.63, 3.8) is 0 Å². The lowest BCUT2D eigenvalue weighted by atomic mass is 10.2. The molecule has 0 aromatic carbocycles. The van der Waals surface area contributed by atoms with Crippen molar-refractivity contribution >= 4 is 19.6 Å². The largest absolute Gasteiger partial charge is 0.662 e. The second kappa shape index (κ2) is 1.93. The van der Waals surface area contributed by atoms with Gasteiger partial charge in [-0.1, -0.05) is 0 Å². The summed E-state index contributed by atoms with van der Waals surface area (Å²) in [5.74, 6) is -7.98. The quantitative estimate of drug-likeness (QED) is 0.336. The first-order valence-electron chi connectivity index (χ1n) is 2.17. The first kappa shape index (κ1) is 6.98. The third-order valence-corrected chi connectivity index (χ3v) is 0.823. The SMILES string of the molecule is O=C1O[B]OC(=O)C1(F)F. The Morgan fingerprint density at radius 3 is 1.90 bits per heavy atom. The average molecular weight is 149 g/mol. The van der Waals surface area contributed by atoms with Gasteiger partial charge in [-0.2, -0.15) is 8.78 Å². The summed E-state index contributed by atoms with van der Waals surface area (Å²) in [4.78, 5) is 20.0. The van der Waals surface area contributed by atoms with Gasteiger partial charge in [-0.05, 0) is 0 Å². The van der Waals surface area contributed by atoms with Crippen LogP contribution in [-0.4, -0.2) is 25.5 Å². The molecule has 1 radical (unpaired) electrons. The maximum Gasteiger partial charge on any atom is 0.662 e. The Morgan fingerprint density at radius 2 is 1.60 bits per heavy atom. The normalized spacial score (nSPS) is 22.6. The van der Waals surface area contributed by atoms with Gasteiger partial charge in [0.25, 0.3) is 0 Å². The summed E-state index contributed by atoms with van der Waals surface area (Å²) in [6, 6.07) is 0. The fraction of sp³-hybridized carbons (Fsp3) is 0.333. The zero-order chi connectivity index (χ0) is 7.78. The van der Waals surface area contributed by atoms with Crippen molar-refractivity contribution in [3.8, 4) is 0 Å². The first-order chi connectivity index (χ1) is 4.55. The minimum atomic E-state index is -4.16. The molecule has 0 bridgehead atoms. The zero-order valence-electron chi connectivity index (χ0n) is 4.47. The van der Waals surface area contributed by atoms with Gasteiger partial charge in [-0.25, -0.2) is 9.59 Å². The van der Waals surface area contributed by atoms with Gasteiger partial charge in [-0.15, -0.1) is 0 Å². The van der Waals surface area contributed by atoms with Crippen LogP contribution in [0, 0.1) is 0 Å². The van der Waals surface area contributed by atoms with Crippen LogP contribution in [0.1, 0.15) is 0 Å². The molecule has 0 spiro atoms. The molecular weight excluding hydrogens is 149 g/mol. The van der Waals surface area contributed by atoms with Crippen molar-refractivity contribution in [2.45, 2.75) is 5.92 Å². The molecule has 53 valence electrons. The molecule has 1 aliphatic heterocycles. The highest BCUT2D eigenvalue weighted by Gasteiger charge is 2.54. The van der Waals surface area contributed by atoms with Gasteiger partial charge in [-0.3, -0.25) is 0 Å². The number of rotatable bonds is 0. The standard InChI is InChI=1S/C3BF2O4/c5-3(6)1(7)9-4-10-2(3)8. The maximum absolute atomic E-state index is 12.0. The van der Waals surface area contributed by atoms with Gasteiger partial charge in [0.1, 0.15) is 0 Å². The first-order valence-corrected chi connectivity index (χ1v) is 2.17. The van der Waals surface area contributed by atoms with Crippen LogP contribution in [0.15, 0.2) is 0 Å². The minimum absolute atomic E-state index is 0.266. The third kappa shape index (κ3) is 0.830. The lowest BCUT2D eigenvalue weighted by Gasteiger charge is -2.17. The van der Waals surface area contributed by atoms with E-state index in [1.54, 1.807) is 0 Å². The zero-order valence-corrected chi connectivity index (χ0v) is 4.47. The Labute approximate surface area is 54.4 Å². The second-order valence-corrected chi connectivity index (χ2v) is 1.48. The second-order valence-electron chi connectivity index (χ2n) is 1.48. The van der Waals surface area contributed by atoms with Crippen LogP contribution in [0.3, 0.4) is 0 Å². The fourth-order valence-electron chi connectivity index (χ4n) is 0.343. The molecule has 0 aromatic heterocycles. The average Bonchev–Trinajstić information content (AvgIpc) is 1.84. The lowest BCUT2D eigenvalue weighted by Crippen LogP contribution is -2.46. The van der Waals surface area contributed by atoms with Crippen LogP contribution in [0.4, 0.5) is 8.78 Å². The number of hydrogen-bond acceptors (Lipinski definition) is 4. The van der Waals surface area contributed by atoms with Crippen LogP contribution in [0.2, 0.25) is 0 Å². The Kier molecular flexibility index (Phi) is 1.35. The summed E-state index contributed by atoms with van der Waals surface area (Å²) in [6.45, 7) is 0. The van der Waals surface area contributed by atoms with E-state index in [9.17, 15) is 18.4 Å². The van der Waals surface area contributed by atoms with Crippen molar-refractivity contribution in [3.05, 3.63) is 0 Å². The van der Waals surface area contributed by atoms with Crippen LogP contribution < -0.4 is 0 Å². The molecule has 1 fully saturated rings. The molecule has 0 saturated carbocycles. The van der Waals surface area contributed by atoms with Gasteiger partial charge < -0.3 is 9.31 Å². The summed E-state index contributed by atoms with van der Waals surface area (Å²) in [7, 11) is 0.266. The molecule has 1 heterocycles. The van der Waals surface area contributed by atoms with Gasteiger partial charge in [0.2, 0.25) is 0 Å². The molecule has 0 aliphatic carbocycles. The van der Waals surface area contributed by atoms with Crippen LogP contribution in [0.5, 0.6) is 0 Å². The minimum Gasteiger partial charge on any atom is -0.495 e. The van der Waals surface area contributed by atoms with E-state index in [2.05, 4.69) is 9.31 Å². The van der Waals surface area contributed by atoms with E-state index in [-0.39, 0.29) is 7.69 Å². The molecule has 7 heteroatoms. The molecule has 10 heavy (non-hydrogen) atoms. The lowest BCUT2D eigenvalue weighted by molar-refractivity contribution is -0.186. The van der Waals surface area contributed by atoms with E-state index in [0.29, 0.717) is 0 Å². The topological polar surface area (TPSA) is 52.6 Å². The highest BCUT2D eigenvalue weighted by Crippen LogP contribution is 2.20. The van der Waals surface area contributed by atoms with Crippen molar-refractivity contribution in [1.29, 1.82) is 0 Å². The van der Waals surface area contributed by atoms with Crippen molar-refractivity contribution < 1.29 is 27.7 Å². The van der Waals surface area contributed by atoms with E-state index >= 15 is 0 Å². The van der Waals surface area contributed by atoms with Crippen LogP contribution >= 0.6 is 0 Å². The summed E-state index contributed by atoms with van der Waals surface area (Å²) in [5.41, 5.74) is 0. The molecule has 0 unspecified atom stereocenters. The molecule has 1 aliphatic rings. The van der Waals surface area contributed by atoms with E-state index in [4.69, 9.17) is 0 Å². The predicted molar refractivity (Wildman–Crippen MR) is 22.9 cm³/mol. The molecule has 0 N–H and O–H groups in total. The summed E-state index contributed by atoms with van der Waals surface area (Å²) >= 11 is 0. The number of alkyl halides is 2. The molecule has 0 aromatic rings. The molecule has 0 atom stereocenters. The van der Waals surface area contributed by atoms with Crippen molar-refractivity contribution in [2.24, 2.45) is 0 Å². The Balaban J connectivity index is 2.83. The number of halogens is 2. The highest BCUT2D eigenvalue weighted by molar-refractivity contribution is 6.32. The molecule has 0 amide bonds. The van der Waals surface area contributed by atoms with E-state index in [1.807, 2.05) is 0 Å². The summed E-state index contributed by atoms with van der Waals surface area (Å²) < 4.78 is 31.3. The number of hydrogen-bond donors (Lipinski definition) is 0. The number of carbonyl (C=O) groups is 2. The molecular formula is C3BF2O4. The highest BCUT2D eigenvalue weighted by atomic mass is 19.3. The van der Waals surface area contributed by atoms with Crippen molar-refractivity contribution in [2.75, 3.05) is 0 Å². The van der Waals surface area contributed by atoms with Gasteiger partial charge in [0, 0.05) is 0 Å². The maximum atomic E-state index is 12.0. The summed E-state index contributed by atoms with van der Waals surface area (Å²) in [6.07, 6.45) is 0. The molecule has 1 saturated heterocycles. The Bertz CT molecular complexity index is 173. The van der Waals surface area contributed by atoms with E-state index in [1.165, 1.54) is 0 Å². The van der Waals surface area contributed by atoms with Crippen LogP contribution in [0.25, 0.3) is 0 Å². The molecule has 4 nitrogen and oxygen atoms in total. The Morgan fingerprint density at radius 1 is 1.20 bits per heavy atom. The Hall–Kier alpha value is -1.14. The molecule has 1 rings (SSSR count). The predicted octanol–water partition coefficient (Wildman–Crippen LogP) is -0.744. The smallest absolute Gasteiger partial charge is 0.495 e. The monoisotopic (exact) mass is 149 g/mol. The number of carbonyl (C=O) groups excluding carboxylic acids is 2. The van der Waals surface area contributed by atoms with Crippen molar-refractivity contribution in [1.82, 2.24) is 0 Å². The van der Waals surface area contributed by atoms with E-state index in [0.717, 1.165) is 0 Å². The third-order valence-electron chi connectivity index (χ3n) is 0.823.